The van der Waals surface area contributed by atoms with Gasteiger partial charge in [-0.05, 0) is 66.9 Å². The number of halogens is 16. The van der Waals surface area contributed by atoms with Crippen LogP contribution in [0.5, 0.6) is 12.0 Å². The second-order valence-corrected chi connectivity index (χ2v) is 12.7. The average Bonchev–Trinajstić information content (AvgIpc) is 3.16. The molecule has 2 aromatic heterocycles. The van der Waals surface area contributed by atoms with Crippen molar-refractivity contribution >= 4 is 53.0 Å². The summed E-state index contributed by atoms with van der Waals surface area (Å²) in [7, 11) is 2.83. The Hall–Kier alpha value is -5.01. The van der Waals surface area contributed by atoms with Crippen LogP contribution in [0, 0.1) is 28.8 Å². The summed E-state index contributed by atoms with van der Waals surface area (Å²) < 4.78 is 159. The molecular formula is C37H31Cl4F12N7O2. The molecule has 5 rings (SSSR count). The van der Waals surface area contributed by atoms with E-state index in [0.717, 1.165) is 36.4 Å². The van der Waals surface area contributed by atoms with Crippen LogP contribution in [0.1, 0.15) is 33.4 Å². The van der Waals surface area contributed by atoms with Gasteiger partial charge in [-0.3, -0.25) is 0 Å². The third-order valence-electron chi connectivity index (χ3n) is 7.21. The summed E-state index contributed by atoms with van der Waals surface area (Å²) in [6.07, 6.45) is -13.4. The van der Waals surface area contributed by atoms with Gasteiger partial charge >= 0.3 is 30.5 Å². The molecule has 0 aliphatic carbocycles. The second kappa shape index (κ2) is 25.2. The SMILES string of the molecule is COc1nc(Cl)cc(Cl)n1.COc1nc(Cl)cc(NCCc2ccc(C(F)(F)F)cc2F)n1.Cl.N#CCc1ccc(C(F)(F)F)cc1F.NCCc1ccc(C(F)(F)F)cc1F. The number of nitrogens with one attached hydrogen (secondary N) is 1. The molecule has 3 aromatic carbocycles. The number of anilines is 1. The van der Waals surface area contributed by atoms with Crippen LogP contribution in [0.25, 0.3) is 0 Å². The van der Waals surface area contributed by atoms with Gasteiger partial charge in [0.2, 0.25) is 0 Å². The quantitative estimate of drug-likeness (QED) is 0.109. The van der Waals surface area contributed by atoms with Crippen molar-refractivity contribution < 1.29 is 62.2 Å². The van der Waals surface area contributed by atoms with Crippen molar-refractivity contribution in [2.75, 3.05) is 32.6 Å². The van der Waals surface area contributed by atoms with Gasteiger partial charge < -0.3 is 20.5 Å². The molecule has 0 fully saturated rings. The zero-order valence-electron chi connectivity index (χ0n) is 31.6. The molecule has 0 amide bonds. The Bertz CT molecular complexity index is 2220. The number of hydrogen-bond acceptors (Lipinski definition) is 9. The molecule has 338 valence electrons. The summed E-state index contributed by atoms with van der Waals surface area (Å²) in [6, 6.07) is 11.8. The van der Waals surface area contributed by atoms with Crippen LogP contribution in [-0.4, -0.2) is 47.2 Å². The predicted octanol–water partition coefficient (Wildman–Crippen LogP) is 11.4. The van der Waals surface area contributed by atoms with Crippen molar-refractivity contribution in [1.29, 1.82) is 5.26 Å². The van der Waals surface area contributed by atoms with Crippen molar-refractivity contribution in [3.63, 3.8) is 0 Å². The second-order valence-electron chi connectivity index (χ2n) is 11.5. The van der Waals surface area contributed by atoms with E-state index in [1.54, 1.807) is 6.07 Å². The van der Waals surface area contributed by atoms with Gasteiger partial charge in [-0.1, -0.05) is 53.0 Å². The van der Waals surface area contributed by atoms with E-state index in [-0.39, 0.29) is 88.9 Å². The van der Waals surface area contributed by atoms with Gasteiger partial charge in [0.1, 0.15) is 38.7 Å². The van der Waals surface area contributed by atoms with E-state index in [1.807, 2.05) is 0 Å². The minimum Gasteiger partial charge on any atom is -0.467 e. The zero-order chi connectivity index (χ0) is 46.1. The van der Waals surface area contributed by atoms with E-state index in [9.17, 15) is 52.7 Å². The van der Waals surface area contributed by atoms with E-state index >= 15 is 0 Å². The van der Waals surface area contributed by atoms with Gasteiger partial charge in [-0.15, -0.1) is 12.4 Å². The highest BCUT2D eigenvalue weighted by Gasteiger charge is 2.32. The van der Waals surface area contributed by atoms with E-state index < -0.39 is 52.7 Å². The zero-order valence-corrected chi connectivity index (χ0v) is 34.7. The minimum atomic E-state index is -4.56. The van der Waals surface area contributed by atoms with Gasteiger partial charge in [-0.2, -0.15) is 64.7 Å². The smallest absolute Gasteiger partial charge is 0.416 e. The Morgan fingerprint density at radius 3 is 1.32 bits per heavy atom. The first-order valence-electron chi connectivity index (χ1n) is 16.6. The molecule has 9 nitrogen and oxygen atoms in total. The van der Waals surface area contributed by atoms with Crippen LogP contribution >= 0.6 is 47.2 Å². The number of alkyl halides is 9. The normalized spacial score (nSPS) is 10.9. The molecule has 5 aromatic rings. The fraction of sp³-hybridized carbons (Fsp3) is 0.270. The number of rotatable bonds is 9. The van der Waals surface area contributed by atoms with Crippen LogP contribution in [0.15, 0.2) is 66.7 Å². The van der Waals surface area contributed by atoms with Crippen molar-refractivity contribution in [2.45, 2.75) is 37.8 Å². The van der Waals surface area contributed by atoms with Gasteiger partial charge in [0.05, 0.1) is 43.4 Å². The Balaban J connectivity index is 0.000000431. The molecule has 62 heavy (non-hydrogen) atoms. The molecule has 0 atom stereocenters. The topological polar surface area (TPSA) is 132 Å². The van der Waals surface area contributed by atoms with E-state index in [2.05, 4.69) is 30.0 Å². The summed E-state index contributed by atoms with van der Waals surface area (Å²) in [5.41, 5.74) is 2.47. The largest absolute Gasteiger partial charge is 0.467 e. The fourth-order valence-corrected chi connectivity index (χ4v) is 4.91. The third kappa shape index (κ3) is 18.9. The Morgan fingerprint density at radius 1 is 0.597 bits per heavy atom. The first kappa shape index (κ1) is 55.0. The molecule has 0 saturated heterocycles. The van der Waals surface area contributed by atoms with Gasteiger partial charge in [0, 0.05) is 24.2 Å². The third-order valence-corrected chi connectivity index (χ3v) is 7.79. The molecule has 0 bridgehead atoms. The number of aromatic nitrogens is 4. The number of ether oxygens (including phenoxy) is 2. The molecule has 3 N–H and O–H groups in total. The van der Waals surface area contributed by atoms with Crippen LogP contribution < -0.4 is 20.5 Å². The maximum absolute atomic E-state index is 13.7. The Morgan fingerprint density at radius 2 is 0.968 bits per heavy atom. The van der Waals surface area contributed by atoms with Crippen LogP contribution in [0.2, 0.25) is 15.5 Å². The first-order valence-corrected chi connectivity index (χ1v) is 17.8. The number of hydrogen-bond donors (Lipinski definition) is 2. The number of methoxy groups -OCH3 is 2. The average molecular weight is 975 g/mol. The summed E-state index contributed by atoms with van der Waals surface area (Å²) in [4.78, 5) is 15.2. The van der Waals surface area contributed by atoms with Crippen LogP contribution in [0.4, 0.5) is 58.5 Å². The highest BCUT2D eigenvalue weighted by Crippen LogP contribution is 2.32. The molecule has 25 heteroatoms. The Labute approximate surface area is 366 Å². The summed E-state index contributed by atoms with van der Waals surface area (Å²) in [5, 5.41) is 11.8. The van der Waals surface area contributed by atoms with Gasteiger partial charge in [0.15, 0.2) is 0 Å². The molecule has 2 heterocycles. The molecule has 0 aliphatic heterocycles. The number of nitriles is 1. The lowest BCUT2D eigenvalue weighted by atomic mass is 10.1. The summed E-state index contributed by atoms with van der Waals surface area (Å²) in [5.74, 6) is -2.39. The number of benzene rings is 3. The van der Waals surface area contributed by atoms with Crippen LogP contribution in [0.3, 0.4) is 0 Å². The van der Waals surface area contributed by atoms with Crippen molar-refractivity contribution in [1.82, 2.24) is 19.9 Å². The molecule has 0 saturated carbocycles. The fourth-order valence-electron chi connectivity index (χ4n) is 4.33. The van der Waals surface area contributed by atoms with Crippen molar-refractivity contribution in [3.05, 3.63) is 133 Å². The molecule has 0 aliphatic rings. The maximum atomic E-state index is 13.7. The number of nitrogens with two attached hydrogens (primary N) is 1. The van der Waals surface area contributed by atoms with Crippen molar-refractivity contribution in [3.8, 4) is 18.1 Å². The maximum Gasteiger partial charge on any atom is 0.416 e. The molecular weight excluding hydrogens is 944 g/mol. The lowest BCUT2D eigenvalue weighted by molar-refractivity contribution is -0.138. The van der Waals surface area contributed by atoms with E-state index in [1.165, 1.54) is 26.4 Å². The van der Waals surface area contributed by atoms with E-state index in [0.29, 0.717) is 24.0 Å². The molecule has 0 unspecified atom stereocenters. The highest BCUT2D eigenvalue weighted by molar-refractivity contribution is 6.33. The van der Waals surface area contributed by atoms with Crippen molar-refractivity contribution in [2.24, 2.45) is 5.73 Å². The van der Waals surface area contributed by atoms with Gasteiger partial charge in [0.25, 0.3) is 0 Å². The van der Waals surface area contributed by atoms with E-state index in [4.69, 9.17) is 50.5 Å². The standard InChI is InChI=1S/C14H12ClF4N3O.C9H9F4N.C9H5F4N.C5H4Cl2N2O.ClH/c1-23-13-21-11(15)7-12(22-13)20-5-4-8-2-3-9(6-10(8)16)14(17,18)19;2*10-8-5-7(9(11,12)13)2-1-6(8)3-4-14;1-10-5-8-3(6)2-4(7)9-5;/h2-3,6-7H,4-5H2,1H3,(H,20,21,22);1-2,5H,3-4,14H2;1-2,5H,3H2;2H,1H3;1H. The summed E-state index contributed by atoms with van der Waals surface area (Å²) in [6.45, 7) is 0.459. The minimum absolute atomic E-state index is 0. The molecule has 0 spiro atoms. The molecule has 0 radical (unpaired) electrons. The van der Waals surface area contributed by atoms with Gasteiger partial charge in [-0.25, -0.2) is 13.2 Å². The van der Waals surface area contributed by atoms with Crippen LogP contribution in [-0.2, 0) is 37.8 Å². The Kier molecular flexibility index (Phi) is 22.3. The number of nitrogens with zero attached hydrogens (tertiary/aromatic N) is 5. The first-order chi connectivity index (χ1) is 28.4. The monoisotopic (exact) mass is 973 g/mol. The summed E-state index contributed by atoms with van der Waals surface area (Å²) >= 11 is 16.8. The predicted molar refractivity (Wildman–Crippen MR) is 208 cm³/mol. The lowest BCUT2D eigenvalue weighted by Gasteiger charge is -2.10. The lowest BCUT2D eigenvalue weighted by Crippen LogP contribution is -2.10. The highest BCUT2D eigenvalue weighted by atomic mass is 35.5.